The summed E-state index contributed by atoms with van der Waals surface area (Å²) < 4.78 is 16.4. The minimum Gasteiger partial charge on any atom is -0.445 e. The number of benzene rings is 1. The molecule has 5 atom stereocenters. The van der Waals surface area contributed by atoms with Gasteiger partial charge >= 0.3 is 12.2 Å². The van der Waals surface area contributed by atoms with Crippen LogP contribution in [0, 0.1) is 0 Å². The molecule has 16 heteroatoms. The van der Waals surface area contributed by atoms with Crippen molar-refractivity contribution in [2.75, 3.05) is 24.2 Å². The van der Waals surface area contributed by atoms with E-state index < -0.39 is 47.9 Å². The fourth-order valence-corrected chi connectivity index (χ4v) is 4.72. The van der Waals surface area contributed by atoms with E-state index >= 15 is 0 Å². The number of nitrogens with one attached hydrogen (secondary N) is 2. The summed E-state index contributed by atoms with van der Waals surface area (Å²) in [5, 5.41) is 19.9. The van der Waals surface area contributed by atoms with E-state index in [1.54, 1.807) is 0 Å². The Morgan fingerprint density at radius 2 is 2.08 bits per heavy atom. The van der Waals surface area contributed by atoms with Gasteiger partial charge in [0.1, 0.15) is 24.2 Å². The maximum absolute atomic E-state index is 12.7. The van der Waals surface area contributed by atoms with Gasteiger partial charge in [0.25, 0.3) is 0 Å². The summed E-state index contributed by atoms with van der Waals surface area (Å²) in [7, 11) is 0. The number of hydrogen-bond acceptors (Lipinski definition) is 9. The minimum atomic E-state index is -1.50. The minimum absolute atomic E-state index is 0.0960. The molecule has 5 N–H and O–H groups in total. The lowest BCUT2D eigenvalue weighted by atomic mass is 9.97. The Morgan fingerprint density at radius 1 is 1.32 bits per heavy atom. The van der Waals surface area contributed by atoms with Crippen molar-refractivity contribution in [3.8, 4) is 0 Å². The lowest BCUT2D eigenvalue weighted by molar-refractivity contribution is -0.154. The number of aliphatic hydroxyl groups is 1. The molecule has 3 amide bonds. The van der Waals surface area contributed by atoms with Crippen molar-refractivity contribution in [1.82, 2.24) is 5.32 Å². The highest BCUT2D eigenvalue weighted by atomic mass is 35.5. The van der Waals surface area contributed by atoms with E-state index in [0.29, 0.717) is 12.2 Å². The lowest BCUT2D eigenvalue weighted by Crippen LogP contribution is -2.64. The summed E-state index contributed by atoms with van der Waals surface area (Å²) in [6.07, 6.45) is -3.91. The van der Waals surface area contributed by atoms with Crippen molar-refractivity contribution >= 4 is 58.7 Å². The smallest absolute Gasteiger partial charge is 0.412 e. The Labute approximate surface area is 226 Å². The summed E-state index contributed by atoms with van der Waals surface area (Å²) >= 11 is 13.1. The van der Waals surface area contributed by atoms with E-state index in [-0.39, 0.29) is 35.3 Å². The number of nitrogens with zero attached hydrogens (tertiary/aromatic N) is 3. The van der Waals surface area contributed by atoms with Gasteiger partial charge in [-0.2, -0.15) is 0 Å². The van der Waals surface area contributed by atoms with E-state index in [1.807, 2.05) is 0 Å². The number of anilines is 1. The van der Waals surface area contributed by atoms with E-state index in [0.717, 1.165) is 0 Å². The molecule has 13 nitrogen and oxygen atoms in total. The summed E-state index contributed by atoms with van der Waals surface area (Å²) in [6, 6.07) is 3.25. The molecule has 1 aliphatic heterocycles. The van der Waals surface area contributed by atoms with Crippen LogP contribution in [-0.2, 0) is 19.0 Å². The zero-order valence-electron chi connectivity index (χ0n) is 19.4. The highest BCUT2D eigenvalue weighted by Gasteiger charge is 2.48. The van der Waals surface area contributed by atoms with Gasteiger partial charge in [0.15, 0.2) is 6.10 Å². The van der Waals surface area contributed by atoms with Gasteiger partial charge in [-0.1, -0.05) is 41.0 Å². The second kappa shape index (κ2) is 15.4. The molecule has 0 aliphatic carbocycles. The number of nitrogens with two attached hydrogens (primary N) is 1. The van der Waals surface area contributed by atoms with E-state index in [4.69, 9.17) is 48.7 Å². The summed E-state index contributed by atoms with van der Waals surface area (Å²) in [4.78, 5) is 38.8. The predicted molar refractivity (Wildman–Crippen MR) is 138 cm³/mol. The normalized spacial score (nSPS) is 22.7. The summed E-state index contributed by atoms with van der Waals surface area (Å²) in [5.41, 5.74) is 13.3. The van der Waals surface area contributed by atoms with Gasteiger partial charge in [-0.15, -0.1) is 11.8 Å². The fourth-order valence-electron chi connectivity index (χ4n) is 3.22. The van der Waals surface area contributed by atoms with Crippen molar-refractivity contribution in [3.05, 3.63) is 51.3 Å². The third-order valence-corrected chi connectivity index (χ3v) is 6.87. The molecule has 1 aromatic carbocycles. The number of amides is 3. The van der Waals surface area contributed by atoms with E-state index in [2.05, 4.69) is 27.2 Å². The van der Waals surface area contributed by atoms with Gasteiger partial charge < -0.3 is 30.4 Å². The van der Waals surface area contributed by atoms with Crippen LogP contribution in [0.3, 0.4) is 0 Å². The Hall–Kier alpha value is -2.87. The second-order valence-electron chi connectivity index (χ2n) is 7.57. The number of carbonyl (C=O) groups excluding carboxylic acids is 3. The first-order valence-electron chi connectivity index (χ1n) is 10.9. The van der Waals surface area contributed by atoms with Gasteiger partial charge in [0.2, 0.25) is 5.91 Å². The number of aliphatic hydroxyl groups excluding tert-OH is 1. The fraction of sp³-hybridized carbons (Fsp3) is 0.476. The molecule has 0 unspecified atom stereocenters. The standard InChI is InChI=1S/C21H26Cl2N6O7S/c1-2-7-34-20(32)28-16-18(36-21(33)27-11-5-6-12(22)13(23)9-11)17(31)14(10-26-29-25)35-19(16)37-8-3-4-15(24)30/h2,5-6,9,14,16-19,31H,1,3-4,7-8,10H2,(H2,24,30)(H,27,33)(H,28,32)/t14-,16-,17+,18-,19-/m1/s1. The van der Waals surface area contributed by atoms with Gasteiger partial charge in [-0.3, -0.25) is 10.1 Å². The van der Waals surface area contributed by atoms with Gasteiger partial charge in [-0.05, 0) is 35.9 Å². The van der Waals surface area contributed by atoms with Crippen LogP contribution in [0.5, 0.6) is 0 Å². The highest BCUT2D eigenvalue weighted by molar-refractivity contribution is 7.99. The Kier molecular flexibility index (Phi) is 12.6. The topological polar surface area (TPSA) is 198 Å². The number of thioether (sulfide) groups is 1. The number of halogens is 2. The van der Waals surface area contributed by atoms with Crippen LogP contribution < -0.4 is 16.4 Å². The van der Waals surface area contributed by atoms with Crippen LogP contribution in [-0.4, -0.2) is 71.9 Å². The SMILES string of the molecule is C=CCOC(=O)N[C@@H]1[C@@H](OC(=O)Nc2ccc(Cl)c(Cl)c2)[C@@H](O)[C@@H](CN=[N+]=[N-])O[C@@H]1SCCCC(N)=O. The number of carbonyl (C=O) groups is 3. The third-order valence-electron chi connectivity index (χ3n) is 4.87. The average molecular weight is 577 g/mol. The third kappa shape index (κ3) is 9.84. The van der Waals surface area contributed by atoms with Crippen LogP contribution in [0.2, 0.25) is 10.0 Å². The van der Waals surface area contributed by atoms with Crippen molar-refractivity contribution in [1.29, 1.82) is 0 Å². The molecule has 1 fully saturated rings. The van der Waals surface area contributed by atoms with Gasteiger partial charge in [0, 0.05) is 17.0 Å². The summed E-state index contributed by atoms with van der Waals surface area (Å²) in [6.45, 7) is 3.09. The Balaban J connectivity index is 2.28. The number of hydrogen-bond donors (Lipinski definition) is 4. The molecule has 202 valence electrons. The molecule has 0 spiro atoms. The molecule has 0 bridgehead atoms. The van der Waals surface area contributed by atoms with E-state index in [1.165, 1.54) is 36.0 Å². The monoisotopic (exact) mass is 576 g/mol. The number of azide groups is 1. The van der Waals surface area contributed by atoms with Crippen molar-refractivity contribution in [2.24, 2.45) is 10.8 Å². The zero-order chi connectivity index (χ0) is 27.4. The molecule has 0 radical (unpaired) electrons. The quantitative estimate of drug-likeness (QED) is 0.0950. The van der Waals surface area contributed by atoms with E-state index in [9.17, 15) is 19.5 Å². The first-order valence-corrected chi connectivity index (χ1v) is 12.7. The molecular formula is C21H26Cl2N6O7S. The maximum atomic E-state index is 12.7. The zero-order valence-corrected chi connectivity index (χ0v) is 21.7. The number of primary amides is 1. The molecule has 1 saturated heterocycles. The molecular weight excluding hydrogens is 551 g/mol. The van der Waals surface area contributed by atoms with Crippen molar-refractivity contribution < 1.29 is 33.7 Å². The largest absolute Gasteiger partial charge is 0.445 e. The lowest BCUT2D eigenvalue weighted by Gasteiger charge is -2.43. The van der Waals surface area contributed by atoms with Crippen LogP contribution >= 0.6 is 35.0 Å². The van der Waals surface area contributed by atoms with Crippen LogP contribution in [0.1, 0.15) is 12.8 Å². The number of alkyl carbamates (subject to hydrolysis) is 1. The summed E-state index contributed by atoms with van der Waals surface area (Å²) in [5.74, 6) is -0.107. The Morgan fingerprint density at radius 3 is 2.73 bits per heavy atom. The first kappa shape index (κ1) is 30.4. The molecule has 1 heterocycles. The maximum Gasteiger partial charge on any atom is 0.412 e. The van der Waals surface area contributed by atoms with Crippen LogP contribution in [0.4, 0.5) is 15.3 Å². The molecule has 1 aliphatic rings. The molecule has 2 rings (SSSR count). The number of ether oxygens (including phenoxy) is 3. The van der Waals surface area contributed by atoms with Crippen molar-refractivity contribution in [2.45, 2.75) is 42.6 Å². The van der Waals surface area contributed by atoms with Crippen LogP contribution in [0.25, 0.3) is 10.4 Å². The highest BCUT2D eigenvalue weighted by Crippen LogP contribution is 2.32. The molecule has 37 heavy (non-hydrogen) atoms. The predicted octanol–water partition coefficient (Wildman–Crippen LogP) is 3.59. The molecule has 1 aromatic rings. The van der Waals surface area contributed by atoms with Crippen LogP contribution in [0.15, 0.2) is 36.0 Å². The Bertz CT molecular complexity index is 1030. The van der Waals surface area contributed by atoms with Gasteiger partial charge in [-0.25, -0.2) is 9.59 Å². The molecule has 0 aromatic heterocycles. The number of rotatable bonds is 12. The second-order valence-corrected chi connectivity index (χ2v) is 9.59. The van der Waals surface area contributed by atoms with Gasteiger partial charge in [0.05, 0.1) is 22.7 Å². The first-order chi connectivity index (χ1) is 17.7. The van der Waals surface area contributed by atoms with Crippen molar-refractivity contribution in [3.63, 3.8) is 0 Å². The average Bonchev–Trinajstić information content (AvgIpc) is 2.85. The molecule has 0 saturated carbocycles.